The Hall–Kier alpha value is 0.200. The normalized spacial score (nSPS) is 73.8. The Bertz CT molecular complexity index is 1230. The largest absolute Gasteiger partial charge is 0.557 e. The first kappa shape index (κ1) is 19.4. The molecule has 11 rings (SSSR count). The minimum absolute atomic E-state index is 3.15. The van der Waals surface area contributed by atoms with Gasteiger partial charge in [0.25, 0.3) is 0 Å². The maximum Gasteiger partial charge on any atom is 0.557 e. The van der Waals surface area contributed by atoms with Crippen molar-refractivity contribution in [2.75, 3.05) is 0 Å². The SMILES string of the molecule is O=P12OOC34OP(=O)(OO[C@]56OP7(=O)OOC8(O[C@]35O7)OP3(=O)O[C@@]8(OO1)[C@@]6(OO2)O3)O4. The number of rotatable bonds is 0. The lowest BCUT2D eigenvalue weighted by Gasteiger charge is -2.59. The Morgan fingerprint density at radius 1 is 0.375 bits per heavy atom. The van der Waals surface area contributed by atoms with Gasteiger partial charge in [-0.2, -0.15) is 24.4 Å². The quantitative estimate of drug-likeness (QED) is 0.296. The molecule has 0 aliphatic carbocycles. The summed E-state index contributed by atoms with van der Waals surface area (Å²) in [5.74, 6) is -19.4. The molecule has 11 saturated heterocycles. The van der Waals surface area contributed by atoms with Gasteiger partial charge in [-0.1, -0.05) is 0 Å². The summed E-state index contributed by atoms with van der Waals surface area (Å²) in [5, 5.41) is 0. The predicted molar refractivity (Wildman–Crippen MR) is 66.3 cm³/mol. The van der Waals surface area contributed by atoms with E-state index in [9.17, 15) is 18.3 Å². The molecule has 0 aromatic heterocycles. The Balaban J connectivity index is 1.48. The van der Waals surface area contributed by atoms with Gasteiger partial charge in [-0.05, 0) is 0 Å². The third-order valence-corrected chi connectivity index (χ3v) is 9.86. The van der Waals surface area contributed by atoms with Crippen LogP contribution in [0.2, 0.25) is 0 Å². The second kappa shape index (κ2) is 4.65. The Kier molecular flexibility index (Phi) is 2.82. The van der Waals surface area contributed by atoms with E-state index in [0.717, 1.165) is 0 Å². The fourth-order valence-electron chi connectivity index (χ4n) is 4.19. The average Bonchev–Trinajstić information content (AvgIpc) is 3.10. The second-order valence-corrected chi connectivity index (χ2v) is 12.5. The van der Waals surface area contributed by atoms with Crippen LogP contribution in [0.3, 0.4) is 0 Å². The summed E-state index contributed by atoms with van der Waals surface area (Å²) in [6, 6.07) is 0. The molecule has 5 spiro atoms. The highest BCUT2D eigenvalue weighted by Gasteiger charge is 3.12. The highest BCUT2D eigenvalue weighted by molar-refractivity contribution is 7.50. The van der Waals surface area contributed by atoms with Crippen molar-refractivity contribution in [2.45, 2.75) is 35.1 Å². The highest BCUT2D eigenvalue weighted by atomic mass is 31.2. The second-order valence-electron chi connectivity index (χ2n) is 6.90. The van der Waals surface area contributed by atoms with E-state index in [1.807, 2.05) is 0 Å². The fourth-order valence-corrected chi connectivity index (χ4v) is 9.22. The van der Waals surface area contributed by atoms with Crippen molar-refractivity contribution in [1.29, 1.82) is 0 Å². The maximum atomic E-state index is 13.2. The summed E-state index contributed by atoms with van der Waals surface area (Å²) in [6.07, 6.45) is 0. The van der Waals surface area contributed by atoms with Crippen LogP contribution in [-0.2, 0) is 102 Å². The predicted octanol–water partition coefficient (Wildman–Crippen LogP) is 0.508. The fraction of sp³-hybridized carbons (Fsp3) is 1.00. The van der Waals surface area contributed by atoms with Crippen molar-refractivity contribution < 1.29 is 102 Å². The van der Waals surface area contributed by atoms with Crippen LogP contribution in [0, 0.1) is 0 Å². The summed E-state index contributed by atoms with van der Waals surface area (Å²) in [4.78, 5) is 24.8. The van der Waals surface area contributed by atoms with Crippen molar-refractivity contribution in [3.05, 3.63) is 0 Å². The van der Waals surface area contributed by atoms with Gasteiger partial charge in [0.2, 0.25) is 0 Å². The summed E-state index contributed by atoms with van der Waals surface area (Å²) in [5.41, 5.74) is 0. The zero-order valence-corrected chi connectivity index (χ0v) is 17.3. The molecule has 22 nitrogen and oxygen atoms in total. The molecule has 0 N–H and O–H groups in total. The lowest BCUT2D eigenvalue weighted by atomic mass is 9.83. The van der Waals surface area contributed by atoms with Gasteiger partial charge in [-0.3, -0.25) is 4.74 Å². The molecular weight excluding hydrogens is 548 g/mol. The smallest absolute Gasteiger partial charge is 0.274 e. The van der Waals surface area contributed by atoms with Crippen molar-refractivity contribution >= 4 is 31.3 Å². The minimum atomic E-state index is -5.14. The maximum absolute atomic E-state index is 13.2. The lowest BCUT2D eigenvalue weighted by Crippen LogP contribution is -2.91. The monoisotopic (exact) mass is 548 g/mol. The van der Waals surface area contributed by atoms with Crippen molar-refractivity contribution in [1.82, 2.24) is 0 Å². The van der Waals surface area contributed by atoms with E-state index < -0.39 is 66.4 Å². The van der Waals surface area contributed by atoms with Crippen LogP contribution in [0.1, 0.15) is 0 Å². The number of fused-ring (bicyclic) bond motifs is 4. The lowest BCUT2D eigenvalue weighted by molar-refractivity contribution is -0.697. The molecule has 0 aromatic rings. The van der Waals surface area contributed by atoms with Crippen molar-refractivity contribution in [3.63, 3.8) is 0 Å². The number of phosphoric acid groups is 4. The Morgan fingerprint density at radius 2 is 0.812 bits per heavy atom. The molecule has 8 atom stereocenters. The zero-order chi connectivity index (χ0) is 21.7. The third-order valence-electron chi connectivity index (χ3n) is 5.26. The zero-order valence-electron chi connectivity index (χ0n) is 13.8. The van der Waals surface area contributed by atoms with E-state index >= 15 is 0 Å². The molecule has 11 fully saturated rings. The standard InChI is InChI=1S/C6O22P4/c7-29-17-2-1-3-6(22-31(9,23-6)24-12-1)16-28-32(10,25-13-2)26-14-4(2,20-29)5(11-3,21-29)15-27-30(8,18-1)19-3/t1-,2+,3-,4+,5?,6?,29?,30?,31?,32?/m1/s1. The molecule has 26 heteroatoms. The molecule has 4 unspecified atom stereocenters. The van der Waals surface area contributed by atoms with Gasteiger partial charge < -0.3 is 0 Å². The van der Waals surface area contributed by atoms with Gasteiger partial charge >= 0.3 is 66.4 Å². The van der Waals surface area contributed by atoms with Crippen LogP contribution in [0.5, 0.6) is 0 Å². The molecule has 176 valence electrons. The van der Waals surface area contributed by atoms with E-state index in [2.05, 4.69) is 23.4 Å². The van der Waals surface area contributed by atoms with Gasteiger partial charge in [0.05, 0.1) is 0 Å². The first-order valence-corrected chi connectivity index (χ1v) is 13.7. The summed E-state index contributed by atoms with van der Waals surface area (Å²) in [7, 11) is -19.8. The molecular formula is C6O22P4. The van der Waals surface area contributed by atoms with Crippen molar-refractivity contribution in [3.8, 4) is 0 Å². The van der Waals surface area contributed by atoms with E-state index in [1.165, 1.54) is 0 Å². The minimum Gasteiger partial charge on any atom is -0.274 e. The molecule has 32 heavy (non-hydrogen) atoms. The van der Waals surface area contributed by atoms with Crippen LogP contribution in [-0.4, -0.2) is 35.1 Å². The molecule has 0 aromatic carbocycles. The Morgan fingerprint density at radius 3 is 1.59 bits per heavy atom. The van der Waals surface area contributed by atoms with Crippen LogP contribution in [0.15, 0.2) is 0 Å². The van der Waals surface area contributed by atoms with Gasteiger partial charge in [0.1, 0.15) is 0 Å². The number of ether oxygens (including phenoxy) is 1. The average molecular weight is 548 g/mol. The van der Waals surface area contributed by atoms with Crippen LogP contribution >= 0.6 is 31.3 Å². The summed E-state index contributed by atoms with van der Waals surface area (Å²) in [6.45, 7) is 0. The van der Waals surface area contributed by atoms with Gasteiger partial charge in [-0.15, -0.1) is 23.4 Å². The number of hydrogen-bond acceptors (Lipinski definition) is 22. The Labute approximate surface area is 169 Å². The van der Waals surface area contributed by atoms with Crippen LogP contribution in [0.25, 0.3) is 0 Å². The van der Waals surface area contributed by atoms with E-state index in [1.54, 1.807) is 0 Å². The van der Waals surface area contributed by atoms with Gasteiger partial charge in [0.15, 0.2) is 0 Å². The van der Waals surface area contributed by atoms with E-state index in [0.29, 0.717) is 0 Å². The molecule has 10 bridgehead atoms. The molecule has 0 saturated carbocycles. The molecule has 0 amide bonds. The summed E-state index contributed by atoms with van der Waals surface area (Å²) < 4.78 is 116. The first-order valence-electron chi connectivity index (χ1n) is 7.86. The third kappa shape index (κ3) is 1.57. The topological polar surface area (TPSA) is 234 Å². The van der Waals surface area contributed by atoms with Gasteiger partial charge in [0, 0.05) is 0 Å². The summed E-state index contributed by atoms with van der Waals surface area (Å²) >= 11 is 0. The molecule has 11 aliphatic rings. The van der Waals surface area contributed by atoms with Crippen LogP contribution < -0.4 is 0 Å². The van der Waals surface area contributed by atoms with E-state index in [4.69, 9.17) is 60.8 Å². The number of hydrogen-bond donors (Lipinski definition) is 0. The first-order chi connectivity index (χ1) is 14.9. The van der Waals surface area contributed by atoms with Gasteiger partial charge in [-0.25, -0.2) is 49.9 Å². The highest BCUT2D eigenvalue weighted by Crippen LogP contribution is 2.92. The molecule has 11 heterocycles. The van der Waals surface area contributed by atoms with Crippen LogP contribution in [0.4, 0.5) is 0 Å². The molecule has 0 radical (unpaired) electrons. The number of phosphoric ester groups is 3. The van der Waals surface area contributed by atoms with E-state index in [-0.39, 0.29) is 0 Å². The van der Waals surface area contributed by atoms with Crippen molar-refractivity contribution in [2.24, 2.45) is 0 Å². The molecule has 11 aliphatic heterocycles.